The highest BCUT2D eigenvalue weighted by atomic mass is 16.3. The van der Waals surface area contributed by atoms with E-state index in [0.717, 1.165) is 18.4 Å². The molecule has 124 valence electrons. The van der Waals surface area contributed by atoms with Crippen molar-refractivity contribution in [3.63, 3.8) is 0 Å². The van der Waals surface area contributed by atoms with Crippen LogP contribution in [-0.4, -0.2) is 15.1 Å². The number of rotatable bonds is 4. The van der Waals surface area contributed by atoms with Crippen LogP contribution in [0.4, 0.5) is 11.8 Å². The van der Waals surface area contributed by atoms with E-state index in [9.17, 15) is 10.4 Å². The van der Waals surface area contributed by atoms with Gasteiger partial charge in [-0.3, -0.25) is 0 Å². The lowest BCUT2D eigenvalue weighted by atomic mass is 10.0. The quantitative estimate of drug-likeness (QED) is 0.671. The summed E-state index contributed by atoms with van der Waals surface area (Å²) < 4.78 is 5.36. The Bertz CT molecular complexity index is 972. The third-order valence-electron chi connectivity index (χ3n) is 4.32. The molecule has 25 heavy (non-hydrogen) atoms. The lowest BCUT2D eigenvalue weighted by molar-refractivity contribution is 0.462. The zero-order valence-electron chi connectivity index (χ0n) is 13.2. The van der Waals surface area contributed by atoms with Crippen LogP contribution in [-0.2, 0) is 5.54 Å². The fourth-order valence-electron chi connectivity index (χ4n) is 2.96. The zero-order chi connectivity index (χ0) is 17.4. The molecule has 0 bridgehead atoms. The topological polar surface area (TPSA) is 121 Å². The molecule has 0 amide bonds. The zero-order valence-corrected chi connectivity index (χ0v) is 13.2. The first kappa shape index (κ1) is 15.0. The molecule has 1 aliphatic carbocycles. The molecule has 0 radical (unpaired) electrons. The van der Waals surface area contributed by atoms with Gasteiger partial charge in [0.25, 0.3) is 0 Å². The van der Waals surface area contributed by atoms with Gasteiger partial charge >= 0.3 is 0 Å². The van der Waals surface area contributed by atoms with Crippen molar-refractivity contribution < 1.29 is 9.52 Å². The van der Waals surface area contributed by atoms with Crippen LogP contribution < -0.4 is 11.1 Å². The summed E-state index contributed by atoms with van der Waals surface area (Å²) in [5.74, 6) is 1.03. The fourth-order valence-corrected chi connectivity index (χ4v) is 2.96. The van der Waals surface area contributed by atoms with Crippen molar-refractivity contribution in [1.29, 1.82) is 5.26 Å². The third kappa shape index (κ3) is 2.54. The Morgan fingerprint density at radius 1 is 1.20 bits per heavy atom. The molecular weight excluding hydrogens is 318 g/mol. The number of anilines is 2. The first-order valence-corrected chi connectivity index (χ1v) is 7.81. The van der Waals surface area contributed by atoms with Crippen molar-refractivity contribution in [2.24, 2.45) is 0 Å². The minimum absolute atomic E-state index is 0.0426. The molecule has 1 fully saturated rings. The number of nitrogens with two attached hydrogens (primary N) is 1. The maximum Gasteiger partial charge on any atom is 0.222 e. The number of nitriles is 1. The molecule has 2 heterocycles. The number of hydrogen-bond acceptors (Lipinski definition) is 7. The first-order chi connectivity index (χ1) is 12.1. The lowest BCUT2D eigenvalue weighted by Crippen LogP contribution is -2.21. The highest BCUT2D eigenvalue weighted by molar-refractivity contribution is 5.72. The van der Waals surface area contributed by atoms with E-state index in [2.05, 4.69) is 21.4 Å². The largest absolute Gasteiger partial charge is 0.508 e. The molecule has 1 saturated carbocycles. The Hall–Kier alpha value is -3.53. The van der Waals surface area contributed by atoms with Crippen molar-refractivity contribution in [3.05, 3.63) is 53.8 Å². The van der Waals surface area contributed by atoms with E-state index in [1.54, 1.807) is 24.3 Å². The second-order valence-corrected chi connectivity index (χ2v) is 5.97. The molecular formula is C18H15N5O2. The molecule has 0 saturated heterocycles. The molecule has 0 aliphatic heterocycles. The van der Waals surface area contributed by atoms with Crippen LogP contribution in [0.2, 0.25) is 0 Å². The number of aromatic hydroxyl groups is 1. The van der Waals surface area contributed by atoms with Crippen LogP contribution >= 0.6 is 0 Å². The summed E-state index contributed by atoms with van der Waals surface area (Å²) >= 11 is 0. The molecule has 0 spiro atoms. The van der Waals surface area contributed by atoms with E-state index in [-0.39, 0.29) is 17.3 Å². The maximum atomic E-state index is 10.2. The number of phenolic OH excluding ortho intramolecular Hbond substituents is 1. The minimum atomic E-state index is -0.460. The molecule has 7 heteroatoms. The minimum Gasteiger partial charge on any atom is -0.508 e. The van der Waals surface area contributed by atoms with Crippen molar-refractivity contribution in [3.8, 4) is 23.3 Å². The van der Waals surface area contributed by atoms with Gasteiger partial charge in [0.2, 0.25) is 5.95 Å². The Balaban J connectivity index is 1.79. The summed E-state index contributed by atoms with van der Waals surface area (Å²) in [6.45, 7) is 0. The van der Waals surface area contributed by atoms with Crippen molar-refractivity contribution in [2.75, 3.05) is 11.1 Å². The van der Waals surface area contributed by atoms with Crippen LogP contribution in [0.15, 0.2) is 47.1 Å². The monoisotopic (exact) mass is 333 g/mol. The van der Waals surface area contributed by atoms with Gasteiger partial charge in [0.05, 0.1) is 11.8 Å². The third-order valence-corrected chi connectivity index (χ3v) is 4.32. The van der Waals surface area contributed by atoms with E-state index in [1.165, 1.54) is 6.26 Å². The van der Waals surface area contributed by atoms with Crippen molar-refractivity contribution >= 4 is 11.8 Å². The van der Waals surface area contributed by atoms with E-state index < -0.39 is 5.54 Å². The molecule has 0 atom stereocenters. The number of phenols is 1. The maximum absolute atomic E-state index is 10.2. The summed E-state index contributed by atoms with van der Waals surface area (Å²) in [7, 11) is 0. The Labute approximate surface area is 143 Å². The number of benzene rings is 1. The molecule has 3 aromatic rings. The average molecular weight is 333 g/mol. The summed E-state index contributed by atoms with van der Waals surface area (Å²) in [5.41, 5.74) is 6.75. The number of para-hydroxylation sites is 1. The Kier molecular flexibility index (Phi) is 3.32. The van der Waals surface area contributed by atoms with E-state index in [4.69, 9.17) is 10.2 Å². The number of nitrogens with zero attached hydrogens (tertiary/aromatic N) is 3. The second-order valence-electron chi connectivity index (χ2n) is 5.97. The molecule has 0 unspecified atom stereocenters. The summed E-state index contributed by atoms with van der Waals surface area (Å²) in [4.78, 5) is 8.35. The highest BCUT2D eigenvalue weighted by Gasteiger charge is 2.47. The van der Waals surface area contributed by atoms with Gasteiger partial charge < -0.3 is 20.6 Å². The van der Waals surface area contributed by atoms with E-state index in [0.29, 0.717) is 17.3 Å². The molecule has 2 aromatic heterocycles. The van der Waals surface area contributed by atoms with Crippen LogP contribution in [0.25, 0.3) is 11.5 Å². The van der Waals surface area contributed by atoms with Crippen molar-refractivity contribution in [1.82, 2.24) is 9.97 Å². The number of nitrogens with one attached hydrogen (secondary N) is 1. The summed E-state index contributed by atoms with van der Waals surface area (Å²) in [6, 6.07) is 12.7. The average Bonchev–Trinajstić information content (AvgIpc) is 3.17. The SMILES string of the molecule is N#Cc1c(NC2(c3ccccc3O)CC2)nc(N)nc1-c1ccco1. The van der Waals surface area contributed by atoms with Crippen LogP contribution in [0.1, 0.15) is 24.0 Å². The molecule has 1 aromatic carbocycles. The van der Waals surface area contributed by atoms with Gasteiger partial charge in [0, 0.05) is 5.56 Å². The van der Waals surface area contributed by atoms with Gasteiger partial charge in [-0.25, -0.2) is 4.98 Å². The fraction of sp³-hybridized carbons (Fsp3) is 0.167. The molecule has 4 rings (SSSR count). The summed E-state index contributed by atoms with van der Waals surface area (Å²) in [6.07, 6.45) is 3.14. The molecule has 1 aliphatic rings. The van der Waals surface area contributed by atoms with Gasteiger partial charge in [0.1, 0.15) is 23.1 Å². The Morgan fingerprint density at radius 3 is 2.64 bits per heavy atom. The van der Waals surface area contributed by atoms with Crippen LogP contribution in [0, 0.1) is 11.3 Å². The standard InChI is InChI=1S/C18H15N5O2/c19-10-11-15(14-6-3-9-25-14)21-17(20)22-16(11)23-18(7-8-18)12-4-1-2-5-13(12)24/h1-6,9,24H,7-8H2,(H3,20,21,22,23). The number of nitrogen functional groups attached to an aromatic ring is 1. The predicted molar refractivity (Wildman–Crippen MR) is 91.5 cm³/mol. The smallest absolute Gasteiger partial charge is 0.222 e. The predicted octanol–water partition coefficient (Wildman–Crippen LogP) is 3.00. The summed E-state index contributed by atoms with van der Waals surface area (Å²) in [5, 5.41) is 23.1. The van der Waals surface area contributed by atoms with Crippen molar-refractivity contribution in [2.45, 2.75) is 18.4 Å². The Morgan fingerprint density at radius 2 is 2.00 bits per heavy atom. The van der Waals surface area contributed by atoms with Gasteiger partial charge in [-0.15, -0.1) is 0 Å². The normalized spacial score (nSPS) is 14.7. The van der Waals surface area contributed by atoms with Gasteiger partial charge in [-0.2, -0.15) is 10.2 Å². The highest BCUT2D eigenvalue weighted by Crippen LogP contribution is 2.51. The number of hydrogen-bond donors (Lipinski definition) is 3. The molecule has 7 nitrogen and oxygen atoms in total. The van der Waals surface area contributed by atoms with Gasteiger partial charge in [-0.05, 0) is 31.0 Å². The number of aromatic nitrogens is 2. The second kappa shape index (κ2) is 5.53. The van der Waals surface area contributed by atoms with Crippen LogP contribution in [0.5, 0.6) is 5.75 Å². The van der Waals surface area contributed by atoms with E-state index >= 15 is 0 Å². The van der Waals surface area contributed by atoms with Gasteiger partial charge in [0.15, 0.2) is 11.6 Å². The first-order valence-electron chi connectivity index (χ1n) is 7.81. The number of furan rings is 1. The van der Waals surface area contributed by atoms with E-state index in [1.807, 2.05) is 12.1 Å². The lowest BCUT2D eigenvalue weighted by Gasteiger charge is -2.21. The molecule has 4 N–H and O–H groups in total. The van der Waals surface area contributed by atoms with Crippen LogP contribution in [0.3, 0.4) is 0 Å². The van der Waals surface area contributed by atoms with Gasteiger partial charge in [-0.1, -0.05) is 18.2 Å².